The summed E-state index contributed by atoms with van der Waals surface area (Å²) in [5.41, 5.74) is 0.805. The number of fused-ring (bicyclic) bond motifs is 1. The van der Waals surface area contributed by atoms with Gasteiger partial charge in [0, 0.05) is 11.6 Å². The number of nitrogens with one attached hydrogen (secondary N) is 1. The van der Waals surface area contributed by atoms with Crippen LogP contribution in [0.4, 0.5) is 5.13 Å². The molecule has 2 aromatic heterocycles. The Bertz CT molecular complexity index is 1060. The first-order valence-corrected chi connectivity index (χ1v) is 10.9. The number of esters is 1. The fraction of sp³-hybridized carbons (Fsp3) is 0.235. The fourth-order valence-corrected chi connectivity index (χ4v) is 4.45. The van der Waals surface area contributed by atoms with Gasteiger partial charge >= 0.3 is 5.97 Å². The lowest BCUT2D eigenvalue weighted by Gasteiger charge is -2.03. The number of methoxy groups -OCH3 is 1. The molecule has 0 aliphatic rings. The summed E-state index contributed by atoms with van der Waals surface area (Å²) in [6.45, 7) is -0.0318. The van der Waals surface area contributed by atoms with Crippen molar-refractivity contribution in [2.24, 2.45) is 4.99 Å². The number of rotatable bonds is 7. The molecular formula is C17H16N4O4S3. The van der Waals surface area contributed by atoms with Crippen LogP contribution in [0.2, 0.25) is 0 Å². The Labute approximate surface area is 172 Å². The molecule has 0 spiro atoms. The number of amides is 2. The van der Waals surface area contributed by atoms with Gasteiger partial charge in [0.1, 0.15) is 6.54 Å². The number of hydrogen-bond acceptors (Lipinski definition) is 8. The van der Waals surface area contributed by atoms with Crippen molar-refractivity contribution in [2.45, 2.75) is 6.54 Å². The van der Waals surface area contributed by atoms with Crippen LogP contribution in [0.15, 0.2) is 40.8 Å². The highest BCUT2D eigenvalue weighted by atomic mass is 32.2. The predicted molar refractivity (Wildman–Crippen MR) is 110 cm³/mol. The van der Waals surface area contributed by atoms with E-state index in [1.807, 2.05) is 24.3 Å². The van der Waals surface area contributed by atoms with Crippen LogP contribution in [0.25, 0.3) is 10.2 Å². The highest BCUT2D eigenvalue weighted by Gasteiger charge is 2.12. The van der Waals surface area contributed by atoms with Crippen LogP contribution in [-0.4, -0.2) is 46.0 Å². The van der Waals surface area contributed by atoms with Crippen LogP contribution < -0.4 is 10.1 Å². The van der Waals surface area contributed by atoms with Crippen molar-refractivity contribution >= 4 is 67.6 Å². The third-order valence-electron chi connectivity index (χ3n) is 3.46. The van der Waals surface area contributed by atoms with E-state index in [0.29, 0.717) is 9.93 Å². The molecule has 28 heavy (non-hydrogen) atoms. The molecule has 0 saturated carbocycles. The Kier molecular flexibility index (Phi) is 6.95. The van der Waals surface area contributed by atoms with E-state index in [0.717, 1.165) is 10.2 Å². The second kappa shape index (κ2) is 9.62. The lowest BCUT2D eigenvalue weighted by Crippen LogP contribution is -2.23. The minimum atomic E-state index is -0.425. The second-order valence-corrected chi connectivity index (χ2v) is 8.29. The van der Waals surface area contributed by atoms with Gasteiger partial charge in [-0.3, -0.25) is 14.4 Å². The van der Waals surface area contributed by atoms with Gasteiger partial charge in [-0.15, -0.1) is 23.1 Å². The molecule has 3 aromatic rings. The predicted octanol–water partition coefficient (Wildman–Crippen LogP) is 2.13. The minimum absolute atomic E-state index is 0.0318. The van der Waals surface area contributed by atoms with E-state index in [1.165, 1.54) is 41.5 Å². The zero-order chi connectivity index (χ0) is 19.9. The zero-order valence-corrected chi connectivity index (χ0v) is 17.2. The van der Waals surface area contributed by atoms with Crippen molar-refractivity contribution < 1.29 is 19.1 Å². The Hall–Kier alpha value is -2.50. The second-order valence-electron chi connectivity index (χ2n) is 5.40. The molecule has 1 N–H and O–H groups in total. The summed E-state index contributed by atoms with van der Waals surface area (Å²) in [7, 11) is 1.31. The number of hydrogen-bond donors (Lipinski definition) is 1. The van der Waals surface area contributed by atoms with E-state index in [2.05, 4.69) is 15.3 Å². The van der Waals surface area contributed by atoms with E-state index in [4.69, 9.17) is 4.74 Å². The number of anilines is 1. The number of ether oxygens (including phenoxy) is 1. The van der Waals surface area contributed by atoms with Gasteiger partial charge in [0.15, 0.2) is 9.93 Å². The Morgan fingerprint density at radius 1 is 1.29 bits per heavy atom. The van der Waals surface area contributed by atoms with Crippen LogP contribution in [0, 0.1) is 0 Å². The van der Waals surface area contributed by atoms with Crippen LogP contribution >= 0.6 is 34.4 Å². The number of thiazole rings is 2. The quantitative estimate of drug-likeness (QED) is 0.569. The molecule has 0 atom stereocenters. The van der Waals surface area contributed by atoms with Gasteiger partial charge in [-0.05, 0) is 12.1 Å². The summed E-state index contributed by atoms with van der Waals surface area (Å²) in [5.74, 6) is -0.856. The van der Waals surface area contributed by atoms with Crippen molar-refractivity contribution in [1.82, 2.24) is 9.55 Å². The largest absolute Gasteiger partial charge is 0.468 e. The first kappa shape index (κ1) is 20.2. The lowest BCUT2D eigenvalue weighted by atomic mass is 10.3. The molecule has 0 bridgehead atoms. The standard InChI is InChI=1S/C17H16N4O4S3/c1-25-15(24)8-21-11-4-2-3-5-12(11)28-17(21)20-14(23)10-26-9-13(22)19-16-18-6-7-27-16/h2-7H,8-10H2,1H3,(H,18,19,22). The van der Waals surface area contributed by atoms with Crippen molar-refractivity contribution in [3.63, 3.8) is 0 Å². The summed E-state index contributed by atoms with van der Waals surface area (Å²) in [5, 5.41) is 4.94. The van der Waals surface area contributed by atoms with Gasteiger partial charge in [0.05, 0.1) is 28.8 Å². The number of aromatic nitrogens is 2. The molecule has 0 aliphatic carbocycles. The molecule has 2 amide bonds. The SMILES string of the molecule is COC(=O)Cn1c(=NC(=O)CSCC(=O)Nc2nccs2)sc2ccccc21. The summed E-state index contributed by atoms with van der Waals surface area (Å²) in [6, 6.07) is 7.49. The molecule has 2 heterocycles. The average molecular weight is 437 g/mol. The van der Waals surface area contributed by atoms with E-state index < -0.39 is 5.97 Å². The first-order valence-electron chi connectivity index (χ1n) is 8.06. The van der Waals surface area contributed by atoms with E-state index in [9.17, 15) is 14.4 Å². The van der Waals surface area contributed by atoms with Gasteiger partial charge in [-0.25, -0.2) is 4.98 Å². The van der Waals surface area contributed by atoms with Gasteiger partial charge in [-0.1, -0.05) is 23.5 Å². The number of benzene rings is 1. The molecular weight excluding hydrogens is 420 g/mol. The molecule has 0 aliphatic heterocycles. The average Bonchev–Trinajstić information content (AvgIpc) is 3.30. The lowest BCUT2D eigenvalue weighted by molar-refractivity contribution is -0.141. The summed E-state index contributed by atoms with van der Waals surface area (Å²) in [4.78, 5) is 44.3. The Balaban J connectivity index is 1.67. The maximum atomic E-state index is 12.2. The maximum absolute atomic E-state index is 12.2. The normalized spacial score (nSPS) is 11.5. The third-order valence-corrected chi connectivity index (χ3v) is 6.13. The molecule has 11 heteroatoms. The molecule has 146 valence electrons. The van der Waals surface area contributed by atoms with Crippen LogP contribution in [0.1, 0.15) is 0 Å². The van der Waals surface area contributed by atoms with E-state index in [1.54, 1.807) is 16.1 Å². The molecule has 1 aromatic carbocycles. The van der Waals surface area contributed by atoms with Gasteiger partial charge in [0.2, 0.25) is 5.91 Å². The topological polar surface area (TPSA) is 103 Å². The summed E-state index contributed by atoms with van der Waals surface area (Å²) >= 11 is 3.81. The number of thioether (sulfide) groups is 1. The monoisotopic (exact) mass is 436 g/mol. The van der Waals surface area contributed by atoms with Crippen molar-refractivity contribution in [3.8, 4) is 0 Å². The number of carbonyl (C=O) groups is 3. The molecule has 0 radical (unpaired) electrons. The number of para-hydroxylation sites is 1. The zero-order valence-electron chi connectivity index (χ0n) is 14.8. The molecule has 8 nitrogen and oxygen atoms in total. The summed E-state index contributed by atoms with van der Waals surface area (Å²) < 4.78 is 7.30. The minimum Gasteiger partial charge on any atom is -0.468 e. The van der Waals surface area contributed by atoms with E-state index in [-0.39, 0.29) is 29.9 Å². The van der Waals surface area contributed by atoms with Crippen molar-refractivity contribution in [1.29, 1.82) is 0 Å². The van der Waals surface area contributed by atoms with Gasteiger partial charge in [0.25, 0.3) is 5.91 Å². The van der Waals surface area contributed by atoms with Crippen LogP contribution in [0.3, 0.4) is 0 Å². The highest BCUT2D eigenvalue weighted by molar-refractivity contribution is 8.00. The fourth-order valence-electron chi connectivity index (χ4n) is 2.26. The molecule has 0 unspecified atom stereocenters. The summed E-state index contributed by atoms with van der Waals surface area (Å²) in [6.07, 6.45) is 1.60. The van der Waals surface area contributed by atoms with Gasteiger partial charge in [-0.2, -0.15) is 4.99 Å². The van der Waals surface area contributed by atoms with Gasteiger partial charge < -0.3 is 14.6 Å². The van der Waals surface area contributed by atoms with Crippen LogP contribution in [0.5, 0.6) is 0 Å². The van der Waals surface area contributed by atoms with Crippen LogP contribution in [-0.2, 0) is 25.7 Å². The van der Waals surface area contributed by atoms with Crippen molar-refractivity contribution in [2.75, 3.05) is 23.9 Å². The maximum Gasteiger partial charge on any atom is 0.325 e. The third kappa shape index (κ3) is 5.27. The molecule has 0 fully saturated rings. The van der Waals surface area contributed by atoms with Crippen molar-refractivity contribution in [3.05, 3.63) is 40.6 Å². The van der Waals surface area contributed by atoms with E-state index >= 15 is 0 Å². The highest BCUT2D eigenvalue weighted by Crippen LogP contribution is 2.17. The molecule has 3 rings (SSSR count). The number of nitrogens with zero attached hydrogens (tertiary/aromatic N) is 3. The Morgan fingerprint density at radius 2 is 2.11 bits per heavy atom. The first-order chi connectivity index (χ1) is 13.6. The number of carbonyl (C=O) groups excluding carboxylic acids is 3. The Morgan fingerprint density at radius 3 is 2.86 bits per heavy atom. The molecule has 0 saturated heterocycles. The smallest absolute Gasteiger partial charge is 0.325 e.